The van der Waals surface area contributed by atoms with Crippen LogP contribution in [0.5, 0.6) is 0 Å². The van der Waals surface area contributed by atoms with E-state index in [2.05, 4.69) is 19.1 Å². The van der Waals surface area contributed by atoms with Gasteiger partial charge in [0.25, 0.3) is 0 Å². The highest BCUT2D eigenvalue weighted by Gasteiger charge is 2.39. The molecule has 0 aromatic carbocycles. The zero-order valence-electron chi connectivity index (χ0n) is 20.1. The van der Waals surface area contributed by atoms with Gasteiger partial charge in [-0.2, -0.15) is 0 Å². The van der Waals surface area contributed by atoms with Crippen LogP contribution >= 0.6 is 0 Å². The molecular formula is C26H50O5. The van der Waals surface area contributed by atoms with E-state index in [-0.39, 0.29) is 13.2 Å². The highest BCUT2D eigenvalue weighted by Crippen LogP contribution is 2.19. The monoisotopic (exact) mass is 442 g/mol. The summed E-state index contributed by atoms with van der Waals surface area (Å²) in [6.07, 6.45) is 22.2. The smallest absolute Gasteiger partial charge is 0.114 e. The van der Waals surface area contributed by atoms with Crippen LogP contribution in [0.25, 0.3) is 0 Å². The van der Waals surface area contributed by atoms with Crippen LogP contribution in [0.15, 0.2) is 12.2 Å². The molecule has 0 unspecified atom stereocenters. The Hall–Kier alpha value is -0.460. The van der Waals surface area contributed by atoms with Crippen LogP contribution in [0.2, 0.25) is 0 Å². The normalized spacial score (nSPS) is 24.3. The van der Waals surface area contributed by atoms with E-state index in [0.29, 0.717) is 6.61 Å². The lowest BCUT2D eigenvalue weighted by Gasteiger charge is -2.37. The van der Waals surface area contributed by atoms with Crippen LogP contribution in [-0.4, -0.2) is 59.6 Å². The van der Waals surface area contributed by atoms with Gasteiger partial charge in [-0.3, -0.25) is 0 Å². The molecule has 1 saturated heterocycles. The Bertz CT molecular complexity index is 413. The highest BCUT2D eigenvalue weighted by atomic mass is 16.6. The first-order valence-electron chi connectivity index (χ1n) is 13.1. The molecule has 0 bridgehead atoms. The molecule has 1 heterocycles. The first kappa shape index (κ1) is 28.6. The number of hydrogen-bond donors (Lipinski definition) is 3. The van der Waals surface area contributed by atoms with Gasteiger partial charge in [0.05, 0.1) is 13.2 Å². The molecule has 0 saturated carbocycles. The lowest BCUT2D eigenvalue weighted by atomic mass is 10.0. The van der Waals surface area contributed by atoms with Crippen molar-refractivity contribution in [3.63, 3.8) is 0 Å². The lowest BCUT2D eigenvalue weighted by Crippen LogP contribution is -2.55. The van der Waals surface area contributed by atoms with E-state index in [4.69, 9.17) is 9.47 Å². The molecule has 1 rings (SSSR count). The molecule has 5 nitrogen and oxygen atoms in total. The van der Waals surface area contributed by atoms with Gasteiger partial charge in [0.2, 0.25) is 0 Å². The third-order valence-electron chi connectivity index (χ3n) is 6.22. The molecule has 0 radical (unpaired) electrons. The lowest BCUT2D eigenvalue weighted by molar-refractivity contribution is -0.211. The van der Waals surface area contributed by atoms with Gasteiger partial charge < -0.3 is 24.8 Å². The van der Waals surface area contributed by atoms with Crippen molar-refractivity contribution in [3.05, 3.63) is 12.2 Å². The average molecular weight is 443 g/mol. The van der Waals surface area contributed by atoms with Gasteiger partial charge in [-0.1, -0.05) is 89.7 Å². The van der Waals surface area contributed by atoms with Crippen molar-refractivity contribution in [2.45, 2.75) is 134 Å². The predicted octanol–water partition coefficient (Wildman–Crippen LogP) is 5.30. The summed E-state index contributed by atoms with van der Waals surface area (Å²) in [5.41, 5.74) is 0. The van der Waals surface area contributed by atoms with Crippen LogP contribution in [-0.2, 0) is 9.47 Å². The first-order chi connectivity index (χ1) is 15.2. The molecule has 0 spiro atoms. The minimum absolute atomic E-state index is 0.0441. The average Bonchev–Trinajstić information content (AvgIpc) is 2.78. The summed E-state index contributed by atoms with van der Waals surface area (Å²) in [5.74, 6) is 0. The number of unbranched alkanes of at least 4 members (excludes halogenated alkanes) is 14. The largest absolute Gasteiger partial charge is 0.394 e. The molecule has 4 atom stereocenters. The van der Waals surface area contributed by atoms with E-state index in [1.54, 1.807) is 0 Å². The maximum atomic E-state index is 10.0. The Balaban J connectivity index is 1.83. The van der Waals surface area contributed by atoms with Crippen molar-refractivity contribution in [2.24, 2.45) is 0 Å². The number of ether oxygens (including phenoxy) is 2. The van der Waals surface area contributed by atoms with Gasteiger partial charge in [0.1, 0.15) is 24.4 Å². The maximum absolute atomic E-state index is 10.0. The summed E-state index contributed by atoms with van der Waals surface area (Å²) in [5, 5.41) is 29.0. The molecule has 1 aliphatic heterocycles. The molecule has 31 heavy (non-hydrogen) atoms. The number of rotatable bonds is 20. The van der Waals surface area contributed by atoms with Crippen LogP contribution in [0.1, 0.15) is 110 Å². The summed E-state index contributed by atoms with van der Waals surface area (Å²) >= 11 is 0. The molecular weight excluding hydrogens is 392 g/mol. The van der Waals surface area contributed by atoms with E-state index in [1.807, 2.05) is 0 Å². The first-order valence-corrected chi connectivity index (χ1v) is 13.1. The number of hydrogen-bond acceptors (Lipinski definition) is 5. The van der Waals surface area contributed by atoms with Crippen LogP contribution in [0, 0.1) is 0 Å². The Morgan fingerprint density at radius 1 is 0.774 bits per heavy atom. The molecule has 0 aliphatic carbocycles. The van der Waals surface area contributed by atoms with Gasteiger partial charge in [0.15, 0.2) is 0 Å². The van der Waals surface area contributed by atoms with Crippen molar-refractivity contribution in [2.75, 3.05) is 19.8 Å². The quantitative estimate of drug-likeness (QED) is 0.176. The third kappa shape index (κ3) is 14.3. The summed E-state index contributed by atoms with van der Waals surface area (Å²) in [6, 6.07) is 0. The second-order valence-electron chi connectivity index (χ2n) is 9.09. The van der Waals surface area contributed by atoms with Crippen LogP contribution < -0.4 is 0 Å². The highest BCUT2D eigenvalue weighted by molar-refractivity contribution is 4.87. The van der Waals surface area contributed by atoms with E-state index < -0.39 is 24.4 Å². The van der Waals surface area contributed by atoms with E-state index >= 15 is 0 Å². The second kappa shape index (κ2) is 20.2. The van der Waals surface area contributed by atoms with E-state index in [0.717, 1.165) is 12.8 Å². The summed E-state index contributed by atoms with van der Waals surface area (Å²) in [6.45, 7) is 2.63. The molecule has 1 fully saturated rings. The van der Waals surface area contributed by atoms with Gasteiger partial charge in [0, 0.05) is 6.61 Å². The van der Waals surface area contributed by atoms with Crippen molar-refractivity contribution in [1.82, 2.24) is 0 Å². The standard InChI is InChI=1S/C26H50O5/c1-2-3-4-5-6-7-8-9-10-11-12-13-14-15-16-17-18-19-20-30-26-24(21-27)31-22-23(28)25(26)29/h7-8,23-29H,2-6,9-22H2,1H3/b8-7+/t23-,24+,25+,26+/m0/s1. The van der Waals surface area contributed by atoms with E-state index in [1.165, 1.54) is 89.9 Å². The Kier molecular flexibility index (Phi) is 18.6. The molecule has 3 N–H and O–H groups in total. The van der Waals surface area contributed by atoms with Gasteiger partial charge >= 0.3 is 0 Å². The zero-order chi connectivity index (χ0) is 22.6. The number of aliphatic hydroxyl groups is 3. The molecule has 5 heteroatoms. The fourth-order valence-electron chi connectivity index (χ4n) is 4.14. The number of aliphatic hydroxyl groups excluding tert-OH is 3. The fourth-order valence-corrected chi connectivity index (χ4v) is 4.14. The van der Waals surface area contributed by atoms with Gasteiger partial charge in [-0.25, -0.2) is 0 Å². The zero-order valence-corrected chi connectivity index (χ0v) is 20.1. The minimum atomic E-state index is -0.988. The minimum Gasteiger partial charge on any atom is -0.394 e. The molecule has 184 valence electrons. The van der Waals surface area contributed by atoms with Gasteiger partial charge in [-0.15, -0.1) is 0 Å². The van der Waals surface area contributed by atoms with Crippen molar-refractivity contribution in [1.29, 1.82) is 0 Å². The van der Waals surface area contributed by atoms with Crippen LogP contribution in [0.4, 0.5) is 0 Å². The Labute approximate surface area is 191 Å². The SMILES string of the molecule is CCCCCC/C=C/CCCCCCCCCCCCO[C@H]1[C@H](O)[C@@H](O)CO[C@@H]1CO. The Morgan fingerprint density at radius 3 is 1.84 bits per heavy atom. The molecule has 0 aromatic heterocycles. The third-order valence-corrected chi connectivity index (χ3v) is 6.22. The molecule has 1 aliphatic rings. The summed E-state index contributed by atoms with van der Waals surface area (Å²) in [4.78, 5) is 0. The van der Waals surface area contributed by atoms with Crippen molar-refractivity contribution < 1.29 is 24.8 Å². The van der Waals surface area contributed by atoms with E-state index in [9.17, 15) is 15.3 Å². The van der Waals surface area contributed by atoms with Crippen molar-refractivity contribution >= 4 is 0 Å². The number of allylic oxidation sites excluding steroid dienone is 2. The fraction of sp³-hybridized carbons (Fsp3) is 0.923. The second-order valence-corrected chi connectivity index (χ2v) is 9.09. The Morgan fingerprint density at radius 2 is 1.29 bits per heavy atom. The molecule has 0 amide bonds. The predicted molar refractivity (Wildman–Crippen MR) is 127 cm³/mol. The van der Waals surface area contributed by atoms with Crippen molar-refractivity contribution in [3.8, 4) is 0 Å². The maximum Gasteiger partial charge on any atom is 0.114 e. The summed E-state index contributed by atoms with van der Waals surface area (Å²) < 4.78 is 11.0. The van der Waals surface area contributed by atoms with Gasteiger partial charge in [-0.05, 0) is 32.1 Å². The summed E-state index contributed by atoms with van der Waals surface area (Å²) in [7, 11) is 0. The van der Waals surface area contributed by atoms with Crippen LogP contribution in [0.3, 0.4) is 0 Å². The molecule has 0 aromatic rings. The topological polar surface area (TPSA) is 79.2 Å².